The molecule has 0 aliphatic carbocycles. The first-order chi connectivity index (χ1) is 30.0. The molecular weight excluding hydrogens is 787 g/mol. The third kappa shape index (κ3) is 9.68. The van der Waals surface area contributed by atoms with Crippen LogP contribution in [-0.4, -0.2) is 76.0 Å². The fourth-order valence-corrected chi connectivity index (χ4v) is 7.58. The van der Waals surface area contributed by atoms with Crippen LogP contribution in [0.25, 0.3) is 16.7 Å². The van der Waals surface area contributed by atoms with Crippen molar-refractivity contribution in [3.8, 4) is 23.3 Å². The number of nitrogens with zero attached hydrogens (tertiary/aromatic N) is 7. The molecular formula is C46H49N11O5. The molecule has 2 aliphatic rings. The Kier molecular flexibility index (Phi) is 12.1. The van der Waals surface area contributed by atoms with E-state index in [0.29, 0.717) is 49.6 Å². The second-order valence-electron chi connectivity index (χ2n) is 16.6. The van der Waals surface area contributed by atoms with Crippen molar-refractivity contribution >= 4 is 46.3 Å². The van der Waals surface area contributed by atoms with E-state index >= 15 is 0 Å². The van der Waals surface area contributed by atoms with Crippen LogP contribution >= 0.6 is 0 Å². The number of hydrogen-bond acceptors (Lipinski definition) is 9. The lowest BCUT2D eigenvalue weighted by molar-refractivity contribution is -0.136. The molecule has 2 aliphatic heterocycles. The van der Waals surface area contributed by atoms with Gasteiger partial charge in [0.1, 0.15) is 23.9 Å². The molecule has 1 unspecified atom stereocenters. The Bertz CT molecular complexity index is 2680. The van der Waals surface area contributed by atoms with E-state index in [1.165, 1.54) is 0 Å². The summed E-state index contributed by atoms with van der Waals surface area (Å²) in [6, 6.07) is 19.8. The van der Waals surface area contributed by atoms with E-state index in [9.17, 15) is 19.2 Å². The molecule has 62 heavy (non-hydrogen) atoms. The molecule has 0 radical (unpaired) electrons. The maximum absolute atomic E-state index is 13.1. The molecule has 5 amide bonds. The maximum Gasteiger partial charge on any atom is 0.324 e. The summed E-state index contributed by atoms with van der Waals surface area (Å²) < 4.78 is 9.92. The van der Waals surface area contributed by atoms with E-state index in [1.807, 2.05) is 76.1 Å². The Morgan fingerprint density at radius 3 is 2.65 bits per heavy atom. The van der Waals surface area contributed by atoms with Gasteiger partial charge in [0.15, 0.2) is 0 Å². The Morgan fingerprint density at radius 2 is 1.84 bits per heavy atom. The number of fused-ring (bicyclic) bond motifs is 2. The van der Waals surface area contributed by atoms with E-state index in [2.05, 4.69) is 74.1 Å². The molecule has 1 fully saturated rings. The van der Waals surface area contributed by atoms with Gasteiger partial charge in [-0.15, -0.1) is 5.10 Å². The van der Waals surface area contributed by atoms with Gasteiger partial charge < -0.3 is 15.0 Å². The molecule has 0 saturated carbocycles. The molecule has 1 atom stereocenters. The van der Waals surface area contributed by atoms with Crippen LogP contribution in [0.15, 0.2) is 79.3 Å². The second-order valence-corrected chi connectivity index (χ2v) is 16.6. The number of unbranched alkanes of at least 4 members (excludes halogenated alkanes) is 3. The number of urea groups is 1. The molecule has 4 N–H and O–H groups in total. The number of rotatable bonds is 14. The fraction of sp³-hybridized carbons (Fsp3) is 0.348. The van der Waals surface area contributed by atoms with Gasteiger partial charge in [0, 0.05) is 72.2 Å². The average Bonchev–Trinajstić information content (AvgIpc) is 4.07. The minimum absolute atomic E-state index is 0.125. The van der Waals surface area contributed by atoms with Gasteiger partial charge in [0.05, 0.1) is 29.0 Å². The Morgan fingerprint density at radius 1 is 0.984 bits per heavy atom. The van der Waals surface area contributed by atoms with Crippen LogP contribution in [-0.2, 0) is 34.5 Å². The number of piperidine rings is 1. The number of anilines is 2. The van der Waals surface area contributed by atoms with Gasteiger partial charge >= 0.3 is 6.03 Å². The predicted molar refractivity (Wildman–Crippen MR) is 233 cm³/mol. The zero-order chi connectivity index (χ0) is 43.2. The quantitative estimate of drug-likeness (QED) is 0.0527. The average molecular weight is 836 g/mol. The van der Waals surface area contributed by atoms with Crippen molar-refractivity contribution in [1.29, 1.82) is 0 Å². The number of carbonyl (C=O) groups excluding carboxylic acids is 4. The van der Waals surface area contributed by atoms with Crippen molar-refractivity contribution in [3.63, 3.8) is 0 Å². The smallest absolute Gasteiger partial charge is 0.324 e. The molecule has 0 spiro atoms. The summed E-state index contributed by atoms with van der Waals surface area (Å²) in [7, 11) is 0. The van der Waals surface area contributed by atoms with Gasteiger partial charge in [-0.1, -0.05) is 43.9 Å². The molecule has 3 aromatic heterocycles. The van der Waals surface area contributed by atoms with Crippen molar-refractivity contribution < 1.29 is 23.9 Å². The minimum atomic E-state index is -0.648. The van der Waals surface area contributed by atoms with Crippen LogP contribution in [0.4, 0.5) is 16.3 Å². The van der Waals surface area contributed by atoms with Crippen LogP contribution in [0.5, 0.6) is 5.75 Å². The van der Waals surface area contributed by atoms with Crippen molar-refractivity contribution in [2.75, 3.05) is 17.2 Å². The third-order valence-corrected chi connectivity index (χ3v) is 10.9. The number of imidazole rings is 1. The van der Waals surface area contributed by atoms with Crippen LogP contribution in [0.2, 0.25) is 0 Å². The molecule has 16 nitrogen and oxygen atoms in total. The van der Waals surface area contributed by atoms with Crippen molar-refractivity contribution in [2.45, 2.75) is 96.7 Å². The number of aryl methyl sites for hydroxylation is 2. The summed E-state index contributed by atoms with van der Waals surface area (Å²) in [6.07, 6.45) is 9.49. The fourth-order valence-electron chi connectivity index (χ4n) is 7.58. The van der Waals surface area contributed by atoms with Crippen LogP contribution in [0.1, 0.15) is 98.6 Å². The number of aromatic nitrogens is 7. The number of imide groups is 1. The first-order valence-corrected chi connectivity index (χ1v) is 21.0. The van der Waals surface area contributed by atoms with Crippen molar-refractivity contribution in [3.05, 3.63) is 107 Å². The van der Waals surface area contributed by atoms with Gasteiger partial charge in [0.25, 0.3) is 5.91 Å². The summed E-state index contributed by atoms with van der Waals surface area (Å²) in [4.78, 5) is 55.8. The van der Waals surface area contributed by atoms with Crippen molar-refractivity contribution in [2.24, 2.45) is 0 Å². The number of carbonyl (C=O) groups is 4. The number of nitrogens with one attached hydrogen (secondary N) is 4. The van der Waals surface area contributed by atoms with Crippen molar-refractivity contribution in [1.82, 2.24) is 45.0 Å². The SMILES string of the molecule is CC(C)(C)c1cc(NC(=O)Nc2ccc(-n3cnc4cc(OCCCCCc5cn(CCCC#Cc6cccc7c6CN(C6CCC(=O)NC6=O)C7=O)nn5)ccc43)cc2)[nH]n1. The largest absolute Gasteiger partial charge is 0.494 e. The second kappa shape index (κ2) is 18.1. The van der Waals surface area contributed by atoms with Crippen LogP contribution in [0.3, 0.4) is 0 Å². The molecule has 0 bridgehead atoms. The van der Waals surface area contributed by atoms with E-state index in [4.69, 9.17) is 4.74 Å². The highest BCUT2D eigenvalue weighted by Gasteiger charge is 2.39. The normalized spacial score (nSPS) is 15.0. The molecule has 8 rings (SSSR count). The number of aromatic amines is 1. The number of amides is 5. The maximum atomic E-state index is 13.1. The molecule has 16 heteroatoms. The van der Waals surface area contributed by atoms with E-state index in [0.717, 1.165) is 77.1 Å². The third-order valence-electron chi connectivity index (χ3n) is 10.9. The lowest BCUT2D eigenvalue weighted by atomic mass is 9.92. The predicted octanol–water partition coefficient (Wildman–Crippen LogP) is 6.67. The van der Waals surface area contributed by atoms with E-state index < -0.39 is 11.9 Å². The summed E-state index contributed by atoms with van der Waals surface area (Å²) in [6.45, 7) is 7.78. The van der Waals surface area contributed by atoms with Gasteiger partial charge in [-0.3, -0.25) is 39.4 Å². The molecule has 1 saturated heterocycles. The Labute approximate surface area is 358 Å². The lowest BCUT2D eigenvalue weighted by Crippen LogP contribution is -2.52. The zero-order valence-corrected chi connectivity index (χ0v) is 35.0. The van der Waals surface area contributed by atoms with Gasteiger partial charge in [-0.05, 0) is 92.6 Å². The topological polar surface area (TPSA) is 194 Å². The molecule has 318 valence electrons. The number of benzene rings is 3. The first-order valence-electron chi connectivity index (χ1n) is 21.0. The summed E-state index contributed by atoms with van der Waals surface area (Å²) >= 11 is 0. The van der Waals surface area contributed by atoms with Gasteiger partial charge in [0.2, 0.25) is 11.8 Å². The van der Waals surface area contributed by atoms with Gasteiger partial charge in [-0.2, -0.15) is 5.10 Å². The van der Waals surface area contributed by atoms with E-state index in [-0.39, 0.29) is 29.7 Å². The van der Waals surface area contributed by atoms with Crippen LogP contribution < -0.4 is 20.7 Å². The highest BCUT2D eigenvalue weighted by atomic mass is 16.5. The standard InChI is InChI=1S/C46H49N11O5/c1-46(2,3)40-26-41(53-52-40)49-45(61)48-31-15-17-33(18-16-31)57-29-47-37-25-34(19-20-38(37)57)62-24-9-5-7-13-32-27-55(54-51-32)23-8-4-6-11-30-12-10-14-35-36(30)28-56(44(35)60)39-21-22-42(58)50-43(39)59/h10,12,14-20,25-27,29,39H,4-5,7-9,13,21-24,28H2,1-3H3,(H,50,58,59)(H3,48,49,52,53,61). The van der Waals surface area contributed by atoms with Gasteiger partial charge in [-0.25, -0.2) is 9.78 Å². The first kappa shape index (κ1) is 41.5. The minimum Gasteiger partial charge on any atom is -0.494 e. The number of ether oxygens (including phenoxy) is 1. The highest BCUT2D eigenvalue weighted by molar-refractivity contribution is 6.05. The monoisotopic (exact) mass is 835 g/mol. The summed E-state index contributed by atoms with van der Waals surface area (Å²) in [5.74, 6) is 6.84. The molecule has 6 aromatic rings. The number of hydrogen-bond donors (Lipinski definition) is 4. The van der Waals surface area contributed by atoms with Crippen LogP contribution in [0, 0.1) is 11.8 Å². The zero-order valence-electron chi connectivity index (χ0n) is 35.0. The summed E-state index contributed by atoms with van der Waals surface area (Å²) in [5, 5.41) is 23.8. The molecule has 5 heterocycles. The lowest BCUT2D eigenvalue weighted by Gasteiger charge is -2.29. The highest BCUT2D eigenvalue weighted by Crippen LogP contribution is 2.30. The number of H-pyrrole nitrogens is 1. The van der Waals surface area contributed by atoms with E-state index in [1.54, 1.807) is 17.3 Å². The summed E-state index contributed by atoms with van der Waals surface area (Å²) in [5.41, 5.74) is 7.21. The Balaban J connectivity index is 0.727. The Hall–Kier alpha value is -7.28. The molecule has 3 aromatic carbocycles.